The van der Waals surface area contributed by atoms with Crippen LogP contribution in [0.1, 0.15) is 9.75 Å². The molecule has 110 valence electrons. The summed E-state index contributed by atoms with van der Waals surface area (Å²) in [4.78, 5) is 12.3. The molecule has 0 aliphatic carbocycles. The smallest absolute Gasteiger partial charge is 0.240 e. The summed E-state index contributed by atoms with van der Waals surface area (Å²) in [5.74, 6) is 6.70. The zero-order valence-electron chi connectivity index (χ0n) is 11.3. The lowest BCUT2D eigenvalue weighted by atomic mass is 10.3. The topological polar surface area (TPSA) is 75.9 Å². The summed E-state index contributed by atoms with van der Waals surface area (Å²) in [7, 11) is 0. The van der Waals surface area contributed by atoms with E-state index in [4.69, 9.17) is 5.84 Å². The van der Waals surface area contributed by atoms with E-state index in [9.17, 15) is 0 Å². The van der Waals surface area contributed by atoms with Gasteiger partial charge in [-0.25, -0.2) is 10.8 Å². The number of anilines is 2. The number of fused-ring (bicyclic) bond motifs is 1. The van der Waals surface area contributed by atoms with E-state index < -0.39 is 0 Å². The van der Waals surface area contributed by atoms with Gasteiger partial charge in [0.1, 0.15) is 10.6 Å². The highest BCUT2D eigenvalue weighted by molar-refractivity contribution is 9.11. The first-order valence-electron chi connectivity index (χ1n) is 6.38. The quantitative estimate of drug-likeness (QED) is 0.461. The Morgan fingerprint density at radius 1 is 1.29 bits per heavy atom. The second-order valence-electron chi connectivity index (χ2n) is 4.50. The van der Waals surface area contributed by atoms with Crippen LogP contribution in [0.5, 0.6) is 0 Å². The average Bonchev–Trinajstić information content (AvgIpc) is 3.03. The molecule has 0 radical (unpaired) electrons. The molecule has 3 rings (SSSR count). The SMILES string of the molecule is Cc1cc2c(NCCc3ccc(Br)s3)nc(NN)nc2s1. The number of halogens is 1. The van der Waals surface area contributed by atoms with Crippen molar-refractivity contribution < 1.29 is 0 Å². The molecule has 0 saturated heterocycles. The zero-order valence-corrected chi connectivity index (χ0v) is 14.5. The third-order valence-corrected chi connectivity index (χ3v) is 5.57. The summed E-state index contributed by atoms with van der Waals surface area (Å²) >= 11 is 6.87. The van der Waals surface area contributed by atoms with E-state index in [0.29, 0.717) is 5.95 Å². The van der Waals surface area contributed by atoms with Gasteiger partial charge in [0.05, 0.1) is 9.17 Å². The summed E-state index contributed by atoms with van der Waals surface area (Å²) in [6.45, 7) is 2.88. The minimum atomic E-state index is 0.436. The maximum Gasteiger partial charge on any atom is 0.240 e. The highest BCUT2D eigenvalue weighted by atomic mass is 79.9. The van der Waals surface area contributed by atoms with Crippen LogP contribution in [0.4, 0.5) is 11.8 Å². The van der Waals surface area contributed by atoms with Gasteiger partial charge < -0.3 is 5.32 Å². The molecule has 5 nitrogen and oxygen atoms in total. The molecule has 0 unspecified atom stereocenters. The van der Waals surface area contributed by atoms with Crippen molar-refractivity contribution >= 4 is 60.6 Å². The number of thiophene rings is 2. The second kappa shape index (κ2) is 6.27. The van der Waals surface area contributed by atoms with Crippen molar-refractivity contribution in [3.8, 4) is 0 Å². The lowest BCUT2D eigenvalue weighted by Crippen LogP contribution is -2.13. The number of hydrogen-bond donors (Lipinski definition) is 3. The van der Waals surface area contributed by atoms with Gasteiger partial charge in [-0.05, 0) is 47.5 Å². The van der Waals surface area contributed by atoms with Crippen molar-refractivity contribution in [2.24, 2.45) is 5.84 Å². The number of nitrogens with one attached hydrogen (secondary N) is 2. The Morgan fingerprint density at radius 2 is 2.14 bits per heavy atom. The first kappa shape index (κ1) is 14.7. The summed E-state index contributed by atoms with van der Waals surface area (Å²) < 4.78 is 1.16. The van der Waals surface area contributed by atoms with Crippen LogP contribution in [-0.2, 0) is 6.42 Å². The predicted octanol–water partition coefficient (Wildman–Crippen LogP) is 3.76. The summed E-state index contributed by atoms with van der Waals surface area (Å²) in [6, 6.07) is 6.31. The third-order valence-electron chi connectivity index (χ3n) is 2.94. The summed E-state index contributed by atoms with van der Waals surface area (Å²) in [6.07, 6.45) is 0.955. The minimum absolute atomic E-state index is 0.436. The van der Waals surface area contributed by atoms with E-state index in [1.165, 1.54) is 9.75 Å². The van der Waals surface area contributed by atoms with Gasteiger partial charge in [-0.15, -0.1) is 22.7 Å². The maximum absolute atomic E-state index is 5.44. The molecule has 0 atom stereocenters. The van der Waals surface area contributed by atoms with Crippen molar-refractivity contribution in [2.75, 3.05) is 17.3 Å². The molecule has 0 fully saturated rings. The molecule has 8 heteroatoms. The van der Waals surface area contributed by atoms with E-state index >= 15 is 0 Å². The molecule has 3 heterocycles. The van der Waals surface area contributed by atoms with Crippen molar-refractivity contribution in [1.82, 2.24) is 9.97 Å². The molecule has 4 N–H and O–H groups in total. The second-order valence-corrected chi connectivity index (χ2v) is 8.28. The van der Waals surface area contributed by atoms with Gasteiger partial charge in [-0.3, -0.25) is 5.43 Å². The fraction of sp³-hybridized carbons (Fsp3) is 0.231. The predicted molar refractivity (Wildman–Crippen MR) is 94.2 cm³/mol. The van der Waals surface area contributed by atoms with E-state index in [1.807, 2.05) is 0 Å². The van der Waals surface area contributed by atoms with E-state index in [1.54, 1.807) is 22.7 Å². The van der Waals surface area contributed by atoms with Gasteiger partial charge in [-0.2, -0.15) is 4.98 Å². The van der Waals surface area contributed by atoms with Crippen LogP contribution in [0.2, 0.25) is 0 Å². The molecular formula is C13H14BrN5S2. The number of hydrazine groups is 1. The van der Waals surface area contributed by atoms with Crippen molar-refractivity contribution in [1.29, 1.82) is 0 Å². The van der Waals surface area contributed by atoms with Crippen molar-refractivity contribution in [3.63, 3.8) is 0 Å². The first-order valence-corrected chi connectivity index (χ1v) is 8.81. The lowest BCUT2D eigenvalue weighted by Gasteiger charge is -2.07. The molecule has 0 spiro atoms. The Kier molecular flexibility index (Phi) is 4.39. The molecular weight excluding hydrogens is 370 g/mol. The van der Waals surface area contributed by atoms with Crippen molar-refractivity contribution in [3.05, 3.63) is 31.7 Å². The fourth-order valence-corrected chi connectivity index (χ4v) is 4.39. The summed E-state index contributed by atoms with van der Waals surface area (Å²) in [5, 5.41) is 4.43. The number of nitrogen functional groups attached to an aromatic ring is 1. The lowest BCUT2D eigenvalue weighted by molar-refractivity contribution is 1.03. The molecule has 0 saturated carbocycles. The third kappa shape index (κ3) is 3.34. The van der Waals surface area contributed by atoms with Crippen LogP contribution in [0.3, 0.4) is 0 Å². The van der Waals surface area contributed by atoms with Crippen LogP contribution in [0, 0.1) is 6.92 Å². The molecule has 21 heavy (non-hydrogen) atoms. The number of rotatable bonds is 5. The van der Waals surface area contributed by atoms with E-state index in [0.717, 1.165) is 32.8 Å². The highest BCUT2D eigenvalue weighted by Crippen LogP contribution is 2.29. The zero-order chi connectivity index (χ0) is 14.8. The van der Waals surface area contributed by atoms with Gasteiger partial charge in [0.15, 0.2) is 0 Å². The molecule has 0 aliphatic rings. The van der Waals surface area contributed by atoms with Gasteiger partial charge in [0.2, 0.25) is 5.95 Å². The Labute approximate surface area is 138 Å². The van der Waals surface area contributed by atoms with Gasteiger partial charge in [0.25, 0.3) is 0 Å². The molecule has 0 amide bonds. The van der Waals surface area contributed by atoms with Crippen molar-refractivity contribution in [2.45, 2.75) is 13.3 Å². The monoisotopic (exact) mass is 383 g/mol. The first-order chi connectivity index (χ1) is 10.2. The Morgan fingerprint density at radius 3 is 2.86 bits per heavy atom. The number of hydrogen-bond acceptors (Lipinski definition) is 7. The number of aryl methyl sites for hydroxylation is 1. The standard InChI is InChI=1S/C13H14BrN5S2/c1-7-6-9-11(17-13(19-15)18-12(9)20-7)16-5-4-8-2-3-10(14)21-8/h2-3,6H,4-5,15H2,1H3,(H2,16,17,18,19). The van der Waals surface area contributed by atoms with Crippen LogP contribution < -0.4 is 16.6 Å². The van der Waals surface area contributed by atoms with E-state index in [2.05, 4.69) is 61.8 Å². The average molecular weight is 384 g/mol. The largest absolute Gasteiger partial charge is 0.369 e. The molecule has 0 bridgehead atoms. The highest BCUT2D eigenvalue weighted by Gasteiger charge is 2.10. The van der Waals surface area contributed by atoms with Gasteiger partial charge in [-0.1, -0.05) is 0 Å². The summed E-state index contributed by atoms with van der Waals surface area (Å²) in [5.41, 5.74) is 2.52. The van der Waals surface area contributed by atoms with Crippen LogP contribution in [-0.4, -0.2) is 16.5 Å². The van der Waals surface area contributed by atoms with Crippen LogP contribution >= 0.6 is 38.6 Å². The van der Waals surface area contributed by atoms with E-state index in [-0.39, 0.29) is 0 Å². The van der Waals surface area contributed by atoms with Gasteiger partial charge in [0, 0.05) is 16.3 Å². The Bertz CT molecular complexity index is 767. The van der Waals surface area contributed by atoms with Crippen LogP contribution in [0.15, 0.2) is 22.0 Å². The molecule has 3 aromatic rings. The fourth-order valence-electron chi connectivity index (χ4n) is 2.03. The maximum atomic E-state index is 5.44. The number of nitrogens with zero attached hydrogens (tertiary/aromatic N) is 2. The van der Waals surface area contributed by atoms with Crippen LogP contribution in [0.25, 0.3) is 10.2 Å². The normalized spacial score (nSPS) is 11.0. The Balaban J connectivity index is 1.78. The Hall–Kier alpha value is -1.22. The van der Waals surface area contributed by atoms with Gasteiger partial charge >= 0.3 is 0 Å². The molecule has 0 aromatic carbocycles. The minimum Gasteiger partial charge on any atom is -0.369 e. The number of aromatic nitrogens is 2. The number of nitrogens with two attached hydrogens (primary N) is 1. The molecule has 0 aliphatic heterocycles. The molecule has 3 aromatic heterocycles.